The average Bonchev–Trinajstić information content (AvgIpc) is 2.14. The molecule has 0 saturated carbocycles. The van der Waals surface area contributed by atoms with Gasteiger partial charge >= 0.3 is 6.03 Å². The number of amides is 3. The molecule has 0 radical (unpaired) electrons. The maximum atomic E-state index is 10.9. The van der Waals surface area contributed by atoms with Crippen LogP contribution in [0.1, 0.15) is 6.92 Å². The number of likely N-dealkylation sites (N-methyl/N-ethyl adjacent to an activating group) is 1. The van der Waals surface area contributed by atoms with Crippen LogP contribution in [-0.4, -0.2) is 32.1 Å². The summed E-state index contributed by atoms with van der Waals surface area (Å²) >= 11 is 0. The van der Waals surface area contributed by atoms with Gasteiger partial charge in [0.2, 0.25) is 5.91 Å². The lowest BCUT2D eigenvalue weighted by atomic mass is 10.5. The predicted molar refractivity (Wildman–Crippen MR) is 48.9 cm³/mol. The molecule has 5 nitrogen and oxygen atoms in total. The normalized spacial score (nSPS) is 7.85. The second-order valence-corrected chi connectivity index (χ2v) is 2.14. The Labute approximate surface area is 77.3 Å². The molecule has 0 heterocycles. The number of urea groups is 1. The minimum Gasteiger partial charge on any atom is -0.358 e. The third-order valence-corrected chi connectivity index (χ3v) is 1.20. The van der Waals surface area contributed by atoms with Gasteiger partial charge in [-0.25, -0.2) is 4.79 Å². The third-order valence-electron chi connectivity index (χ3n) is 1.20. The minimum absolute atomic E-state index is 0.0259. The lowest BCUT2D eigenvalue weighted by molar-refractivity contribution is -0.119. The molecule has 0 aliphatic rings. The Balaban J connectivity index is 3.49. The maximum absolute atomic E-state index is 10.9. The lowest BCUT2D eigenvalue weighted by Gasteiger charge is -2.03. The molecule has 3 N–H and O–H groups in total. The van der Waals surface area contributed by atoms with Crippen LogP contribution in [0.25, 0.3) is 0 Å². The Morgan fingerprint density at radius 3 is 2.54 bits per heavy atom. The first-order valence-corrected chi connectivity index (χ1v) is 3.82. The van der Waals surface area contributed by atoms with Crippen molar-refractivity contribution in [2.75, 3.05) is 20.1 Å². The van der Waals surface area contributed by atoms with Gasteiger partial charge in [-0.2, -0.15) is 0 Å². The molecule has 5 heteroatoms. The number of carbonyl (C=O) groups excluding carboxylic acids is 2. The molecule has 0 bridgehead atoms. The van der Waals surface area contributed by atoms with Crippen LogP contribution in [0, 0.1) is 11.8 Å². The maximum Gasteiger partial charge on any atom is 0.315 e. The molecule has 13 heavy (non-hydrogen) atoms. The van der Waals surface area contributed by atoms with Gasteiger partial charge in [0.1, 0.15) is 0 Å². The number of hydrogen-bond acceptors (Lipinski definition) is 2. The first-order chi connectivity index (χ1) is 6.20. The molecule has 0 aromatic rings. The molecule has 3 amide bonds. The van der Waals surface area contributed by atoms with E-state index < -0.39 is 6.03 Å². The van der Waals surface area contributed by atoms with E-state index in [0.29, 0.717) is 0 Å². The van der Waals surface area contributed by atoms with E-state index in [4.69, 9.17) is 0 Å². The van der Waals surface area contributed by atoms with E-state index in [1.54, 1.807) is 6.92 Å². The fourth-order valence-electron chi connectivity index (χ4n) is 0.524. The minimum atomic E-state index is -0.397. The van der Waals surface area contributed by atoms with E-state index in [2.05, 4.69) is 27.8 Å². The quantitative estimate of drug-likeness (QED) is 0.494. The highest BCUT2D eigenvalue weighted by Crippen LogP contribution is 1.65. The molecular weight excluding hydrogens is 170 g/mol. The first-order valence-electron chi connectivity index (χ1n) is 3.82. The zero-order valence-corrected chi connectivity index (χ0v) is 7.73. The lowest BCUT2D eigenvalue weighted by Crippen LogP contribution is -2.41. The fourth-order valence-corrected chi connectivity index (χ4v) is 0.524. The molecule has 72 valence electrons. The summed E-state index contributed by atoms with van der Waals surface area (Å²) < 4.78 is 0. The van der Waals surface area contributed by atoms with Gasteiger partial charge in [0.15, 0.2) is 0 Å². The van der Waals surface area contributed by atoms with E-state index in [0.717, 1.165) is 0 Å². The van der Waals surface area contributed by atoms with Gasteiger partial charge in [-0.1, -0.05) is 5.92 Å². The van der Waals surface area contributed by atoms with Crippen LogP contribution in [0.15, 0.2) is 0 Å². The van der Waals surface area contributed by atoms with Gasteiger partial charge in [-0.3, -0.25) is 4.79 Å². The summed E-state index contributed by atoms with van der Waals surface area (Å²) in [6.45, 7) is 1.95. The van der Waals surface area contributed by atoms with E-state index in [-0.39, 0.29) is 19.0 Å². The monoisotopic (exact) mass is 183 g/mol. The fraction of sp³-hybridized carbons (Fsp3) is 0.500. The summed E-state index contributed by atoms with van der Waals surface area (Å²) in [7, 11) is 1.50. The van der Waals surface area contributed by atoms with Gasteiger partial charge in [0, 0.05) is 7.05 Å². The second kappa shape index (κ2) is 6.98. The van der Waals surface area contributed by atoms with Gasteiger partial charge in [-0.05, 0) is 6.92 Å². The van der Waals surface area contributed by atoms with Crippen LogP contribution in [0.4, 0.5) is 4.79 Å². The van der Waals surface area contributed by atoms with Crippen molar-refractivity contribution in [2.24, 2.45) is 0 Å². The third kappa shape index (κ3) is 6.69. The van der Waals surface area contributed by atoms with Crippen molar-refractivity contribution in [3.05, 3.63) is 0 Å². The van der Waals surface area contributed by atoms with Crippen molar-refractivity contribution >= 4 is 11.9 Å². The topological polar surface area (TPSA) is 70.2 Å². The summed E-state index contributed by atoms with van der Waals surface area (Å²) in [5.74, 6) is 5.05. The van der Waals surface area contributed by atoms with Crippen LogP contribution < -0.4 is 16.0 Å². The van der Waals surface area contributed by atoms with Crippen LogP contribution in [0.2, 0.25) is 0 Å². The summed E-state index contributed by atoms with van der Waals surface area (Å²) in [4.78, 5) is 21.5. The van der Waals surface area contributed by atoms with Gasteiger partial charge in [0.25, 0.3) is 0 Å². The Morgan fingerprint density at radius 1 is 1.31 bits per heavy atom. The molecule has 0 rings (SSSR count). The number of hydrogen-bond donors (Lipinski definition) is 3. The van der Waals surface area contributed by atoms with Crippen LogP contribution in [0.5, 0.6) is 0 Å². The van der Waals surface area contributed by atoms with E-state index in [1.807, 2.05) is 0 Å². The van der Waals surface area contributed by atoms with Crippen molar-refractivity contribution in [1.82, 2.24) is 16.0 Å². The number of nitrogens with one attached hydrogen (secondary N) is 3. The highest BCUT2D eigenvalue weighted by Gasteiger charge is 2.00. The SMILES string of the molecule is CC#CCNC(=O)NCC(=O)NC. The highest BCUT2D eigenvalue weighted by atomic mass is 16.2. The van der Waals surface area contributed by atoms with Crippen molar-refractivity contribution in [1.29, 1.82) is 0 Å². The van der Waals surface area contributed by atoms with Gasteiger partial charge in [0.05, 0.1) is 13.1 Å². The van der Waals surface area contributed by atoms with Crippen molar-refractivity contribution < 1.29 is 9.59 Å². The van der Waals surface area contributed by atoms with Crippen molar-refractivity contribution in [3.63, 3.8) is 0 Å². The van der Waals surface area contributed by atoms with Crippen LogP contribution >= 0.6 is 0 Å². The van der Waals surface area contributed by atoms with Crippen LogP contribution in [-0.2, 0) is 4.79 Å². The zero-order chi connectivity index (χ0) is 10.1. The van der Waals surface area contributed by atoms with E-state index >= 15 is 0 Å². The standard InChI is InChI=1S/C8H13N3O2/c1-3-4-5-10-8(13)11-6-7(12)9-2/h5-6H2,1-2H3,(H,9,12)(H2,10,11,13). The average molecular weight is 183 g/mol. The smallest absolute Gasteiger partial charge is 0.315 e. The Morgan fingerprint density at radius 2 is 2.00 bits per heavy atom. The summed E-state index contributed by atoms with van der Waals surface area (Å²) in [6, 6.07) is -0.397. The molecule has 0 aromatic carbocycles. The predicted octanol–water partition coefficient (Wildman–Crippen LogP) is -0.945. The van der Waals surface area contributed by atoms with Gasteiger partial charge < -0.3 is 16.0 Å². The van der Waals surface area contributed by atoms with E-state index in [1.165, 1.54) is 7.05 Å². The zero-order valence-electron chi connectivity index (χ0n) is 7.73. The van der Waals surface area contributed by atoms with E-state index in [9.17, 15) is 9.59 Å². The van der Waals surface area contributed by atoms with Crippen molar-refractivity contribution in [3.8, 4) is 11.8 Å². The summed E-state index contributed by atoms with van der Waals surface area (Å²) in [5, 5.41) is 7.20. The molecule has 0 aliphatic carbocycles. The summed E-state index contributed by atoms with van der Waals surface area (Å²) in [5.41, 5.74) is 0. The molecule has 0 atom stereocenters. The Bertz CT molecular complexity index is 240. The molecule has 0 saturated heterocycles. The second-order valence-electron chi connectivity index (χ2n) is 2.14. The number of carbonyl (C=O) groups is 2. The number of rotatable bonds is 3. The molecule has 0 spiro atoms. The largest absolute Gasteiger partial charge is 0.358 e. The Hall–Kier alpha value is -1.70. The highest BCUT2D eigenvalue weighted by molar-refractivity contribution is 5.83. The Kier molecular flexibility index (Phi) is 6.06. The van der Waals surface area contributed by atoms with Crippen molar-refractivity contribution in [2.45, 2.75) is 6.92 Å². The van der Waals surface area contributed by atoms with Crippen LogP contribution in [0.3, 0.4) is 0 Å². The molecule has 0 aliphatic heterocycles. The first kappa shape index (κ1) is 11.3. The van der Waals surface area contributed by atoms with Gasteiger partial charge in [-0.15, -0.1) is 5.92 Å². The molecule has 0 unspecified atom stereocenters. The molecule has 0 aromatic heterocycles. The summed E-state index contributed by atoms with van der Waals surface area (Å²) in [6.07, 6.45) is 0. The molecule has 0 fully saturated rings. The molecular formula is C8H13N3O2.